The number of hydrogen-bond acceptors (Lipinski definition) is 1. The molecule has 0 spiro atoms. The van der Waals surface area contributed by atoms with Crippen LogP contribution in [0.15, 0.2) is 42.7 Å². The van der Waals surface area contributed by atoms with E-state index in [4.69, 9.17) is 11.6 Å². The first-order valence-corrected chi connectivity index (χ1v) is 5.99. The molecule has 1 heterocycles. The molecule has 0 saturated carbocycles. The maximum Gasteiger partial charge on any atom is 0.0645 e. The number of hydrogen-bond donors (Lipinski definition) is 0. The van der Waals surface area contributed by atoms with Crippen LogP contribution >= 0.6 is 11.6 Å². The predicted molar refractivity (Wildman–Crippen MR) is 67.1 cm³/mol. The predicted octanol–water partition coefficient (Wildman–Crippen LogP) is 3.95. The van der Waals surface area contributed by atoms with Gasteiger partial charge in [0.25, 0.3) is 0 Å². The van der Waals surface area contributed by atoms with Gasteiger partial charge >= 0.3 is 0 Å². The largest absolute Gasteiger partial charge is 0.241 e. The summed E-state index contributed by atoms with van der Waals surface area (Å²) in [5.74, 6) is 0. The van der Waals surface area contributed by atoms with Crippen LogP contribution in [0.3, 0.4) is 0 Å². The molecule has 1 atom stereocenters. The Morgan fingerprint density at radius 3 is 2.75 bits per heavy atom. The van der Waals surface area contributed by atoms with Gasteiger partial charge in [-0.15, -0.1) is 11.6 Å². The number of para-hydroxylation sites is 1. The van der Waals surface area contributed by atoms with Gasteiger partial charge in [-0.1, -0.05) is 31.5 Å². The number of alkyl halides is 1. The van der Waals surface area contributed by atoms with E-state index in [2.05, 4.69) is 12.0 Å². The summed E-state index contributed by atoms with van der Waals surface area (Å²) in [6.07, 6.45) is 5.93. The summed E-state index contributed by atoms with van der Waals surface area (Å²) in [5, 5.41) is 4.39. The highest BCUT2D eigenvalue weighted by atomic mass is 35.5. The lowest BCUT2D eigenvalue weighted by atomic mass is 10.1. The highest BCUT2D eigenvalue weighted by Gasteiger charge is 2.09. The molecule has 0 radical (unpaired) electrons. The monoisotopic (exact) mass is 234 g/mol. The topological polar surface area (TPSA) is 17.8 Å². The van der Waals surface area contributed by atoms with Gasteiger partial charge in [0, 0.05) is 11.8 Å². The van der Waals surface area contributed by atoms with E-state index in [1.54, 1.807) is 0 Å². The van der Waals surface area contributed by atoms with Gasteiger partial charge in [0.05, 0.1) is 17.3 Å². The molecule has 0 aliphatic heterocycles. The lowest BCUT2D eigenvalue weighted by Gasteiger charge is -2.03. The minimum Gasteiger partial charge on any atom is -0.241 e. The van der Waals surface area contributed by atoms with Gasteiger partial charge in [0.1, 0.15) is 0 Å². The van der Waals surface area contributed by atoms with Gasteiger partial charge in [-0.3, -0.25) is 0 Å². The number of rotatable bonds is 4. The molecule has 0 amide bonds. The number of aromatic nitrogens is 2. The Hall–Kier alpha value is -1.28. The molecule has 1 unspecified atom stereocenters. The van der Waals surface area contributed by atoms with E-state index in [-0.39, 0.29) is 5.38 Å². The molecular weight excluding hydrogens is 220 g/mol. The lowest BCUT2D eigenvalue weighted by molar-refractivity contribution is 0.770. The van der Waals surface area contributed by atoms with Gasteiger partial charge < -0.3 is 0 Å². The van der Waals surface area contributed by atoms with Crippen molar-refractivity contribution in [3.05, 3.63) is 48.3 Å². The van der Waals surface area contributed by atoms with Crippen LogP contribution in [0, 0.1) is 0 Å². The van der Waals surface area contributed by atoms with Crippen molar-refractivity contribution >= 4 is 11.6 Å². The Balaban J connectivity index is 2.20. The number of halogens is 1. The van der Waals surface area contributed by atoms with Crippen LogP contribution in [0.1, 0.15) is 30.7 Å². The van der Waals surface area contributed by atoms with Gasteiger partial charge in [-0.2, -0.15) is 5.10 Å². The van der Waals surface area contributed by atoms with E-state index in [0.29, 0.717) is 0 Å². The van der Waals surface area contributed by atoms with E-state index in [1.807, 2.05) is 47.4 Å². The van der Waals surface area contributed by atoms with Crippen molar-refractivity contribution in [1.29, 1.82) is 0 Å². The minimum absolute atomic E-state index is 0.0717. The molecule has 0 fully saturated rings. The molecule has 3 heteroatoms. The average molecular weight is 235 g/mol. The van der Waals surface area contributed by atoms with Gasteiger partial charge in [0.2, 0.25) is 0 Å². The van der Waals surface area contributed by atoms with Gasteiger partial charge in [-0.25, -0.2) is 4.68 Å². The van der Waals surface area contributed by atoms with Crippen molar-refractivity contribution in [2.24, 2.45) is 0 Å². The molecule has 0 saturated heterocycles. The second-order valence-corrected chi connectivity index (χ2v) is 4.34. The van der Waals surface area contributed by atoms with Crippen LogP contribution in [-0.4, -0.2) is 9.78 Å². The van der Waals surface area contributed by atoms with Crippen LogP contribution in [-0.2, 0) is 0 Å². The molecule has 1 aromatic heterocycles. The minimum atomic E-state index is 0.0717. The van der Waals surface area contributed by atoms with Crippen molar-refractivity contribution in [1.82, 2.24) is 9.78 Å². The molecule has 0 aliphatic carbocycles. The summed E-state index contributed by atoms with van der Waals surface area (Å²) in [6.45, 7) is 2.14. The third-order valence-electron chi connectivity index (χ3n) is 2.53. The molecule has 84 valence electrons. The van der Waals surface area contributed by atoms with E-state index < -0.39 is 0 Å². The van der Waals surface area contributed by atoms with Gasteiger partial charge in [-0.05, 0) is 18.6 Å². The van der Waals surface area contributed by atoms with E-state index in [9.17, 15) is 0 Å². The molecular formula is C13H15ClN2. The summed E-state index contributed by atoms with van der Waals surface area (Å²) < 4.78 is 1.86. The highest BCUT2D eigenvalue weighted by molar-refractivity contribution is 6.20. The molecule has 0 N–H and O–H groups in total. The maximum absolute atomic E-state index is 6.25. The SMILES string of the molecule is CCCC(Cl)c1cnn(-c2ccccc2)c1. The summed E-state index contributed by atoms with van der Waals surface area (Å²) in [5.41, 5.74) is 2.15. The summed E-state index contributed by atoms with van der Waals surface area (Å²) in [6, 6.07) is 10.1. The fourth-order valence-corrected chi connectivity index (χ4v) is 1.97. The van der Waals surface area contributed by atoms with Crippen LogP contribution in [0.25, 0.3) is 5.69 Å². The summed E-state index contributed by atoms with van der Waals surface area (Å²) in [4.78, 5) is 0. The van der Waals surface area contributed by atoms with Crippen LogP contribution in [0.5, 0.6) is 0 Å². The highest BCUT2D eigenvalue weighted by Crippen LogP contribution is 2.25. The van der Waals surface area contributed by atoms with Crippen LogP contribution in [0.4, 0.5) is 0 Å². The Morgan fingerprint density at radius 1 is 1.31 bits per heavy atom. The Bertz CT molecular complexity index is 436. The third kappa shape index (κ3) is 2.45. The Labute approximate surface area is 101 Å². The zero-order valence-corrected chi connectivity index (χ0v) is 10.1. The van der Waals surface area contributed by atoms with Crippen molar-refractivity contribution < 1.29 is 0 Å². The zero-order chi connectivity index (χ0) is 11.4. The molecule has 2 rings (SSSR count). The molecule has 1 aromatic carbocycles. The van der Waals surface area contributed by atoms with Crippen LogP contribution in [0.2, 0.25) is 0 Å². The second kappa shape index (κ2) is 5.17. The number of benzene rings is 1. The third-order valence-corrected chi connectivity index (χ3v) is 3.00. The first kappa shape index (κ1) is 11.2. The Morgan fingerprint density at radius 2 is 2.06 bits per heavy atom. The van der Waals surface area contributed by atoms with E-state index in [1.165, 1.54) is 0 Å². The average Bonchev–Trinajstić information content (AvgIpc) is 2.80. The molecule has 0 aliphatic rings. The fourth-order valence-electron chi connectivity index (χ4n) is 1.64. The van der Waals surface area contributed by atoms with Crippen molar-refractivity contribution in [3.8, 4) is 5.69 Å². The molecule has 16 heavy (non-hydrogen) atoms. The first-order chi connectivity index (χ1) is 7.81. The first-order valence-electron chi connectivity index (χ1n) is 5.55. The van der Waals surface area contributed by atoms with E-state index in [0.717, 1.165) is 24.1 Å². The zero-order valence-electron chi connectivity index (χ0n) is 9.31. The Kier molecular flexibility index (Phi) is 3.62. The molecule has 2 nitrogen and oxygen atoms in total. The van der Waals surface area contributed by atoms with Crippen molar-refractivity contribution in [3.63, 3.8) is 0 Å². The normalized spacial score (nSPS) is 12.6. The van der Waals surface area contributed by atoms with Crippen molar-refractivity contribution in [2.75, 3.05) is 0 Å². The van der Waals surface area contributed by atoms with Crippen LogP contribution < -0.4 is 0 Å². The maximum atomic E-state index is 6.25. The van der Waals surface area contributed by atoms with Crippen molar-refractivity contribution in [2.45, 2.75) is 25.1 Å². The second-order valence-electron chi connectivity index (χ2n) is 3.81. The standard InChI is InChI=1S/C13H15ClN2/c1-2-6-13(14)11-9-15-16(10-11)12-7-4-3-5-8-12/h3-5,7-10,13H,2,6H2,1H3. The van der Waals surface area contributed by atoms with E-state index >= 15 is 0 Å². The summed E-state index contributed by atoms with van der Waals surface area (Å²) >= 11 is 6.25. The summed E-state index contributed by atoms with van der Waals surface area (Å²) in [7, 11) is 0. The molecule has 0 bridgehead atoms. The fraction of sp³-hybridized carbons (Fsp3) is 0.308. The molecule has 2 aromatic rings. The quantitative estimate of drug-likeness (QED) is 0.733. The number of nitrogens with zero attached hydrogens (tertiary/aromatic N) is 2. The van der Waals surface area contributed by atoms with Gasteiger partial charge in [0.15, 0.2) is 0 Å². The smallest absolute Gasteiger partial charge is 0.0645 e. The lowest BCUT2D eigenvalue weighted by Crippen LogP contribution is -1.93.